The topological polar surface area (TPSA) is 66.2 Å². The molecule has 0 spiro atoms. The number of nitrogens with one attached hydrogen (secondary N) is 1. The van der Waals surface area contributed by atoms with E-state index < -0.39 is 11.9 Å². The SMILES string of the molecule is O=c1[nH]c2ccc(C(O)CC3CC4CCC3C4)cc2o1. The molecule has 1 aromatic carbocycles. The molecule has 0 saturated heterocycles. The van der Waals surface area contributed by atoms with E-state index in [0.29, 0.717) is 17.0 Å². The Morgan fingerprint density at radius 2 is 2.25 bits per heavy atom. The molecule has 2 aliphatic rings. The van der Waals surface area contributed by atoms with Gasteiger partial charge in [0.25, 0.3) is 0 Å². The van der Waals surface area contributed by atoms with Gasteiger partial charge in [0, 0.05) is 0 Å². The molecule has 2 aromatic rings. The second-order valence-corrected chi connectivity index (χ2v) is 6.46. The number of aliphatic hydroxyl groups excluding tert-OH is 1. The van der Waals surface area contributed by atoms with Crippen molar-refractivity contribution in [3.8, 4) is 0 Å². The molecular weight excluding hydrogens is 254 g/mol. The molecule has 0 radical (unpaired) electrons. The van der Waals surface area contributed by atoms with E-state index in [0.717, 1.165) is 23.8 Å². The summed E-state index contributed by atoms with van der Waals surface area (Å²) in [5.74, 6) is 1.95. The molecule has 4 atom stereocenters. The normalized spacial score (nSPS) is 30.1. The fourth-order valence-electron chi connectivity index (χ4n) is 4.26. The first-order valence-corrected chi connectivity index (χ1v) is 7.50. The van der Waals surface area contributed by atoms with E-state index in [1.165, 1.54) is 25.7 Å². The monoisotopic (exact) mass is 273 g/mol. The summed E-state index contributed by atoms with van der Waals surface area (Å²) in [4.78, 5) is 13.8. The van der Waals surface area contributed by atoms with Crippen LogP contribution >= 0.6 is 0 Å². The largest absolute Gasteiger partial charge is 0.417 e. The van der Waals surface area contributed by atoms with E-state index in [4.69, 9.17) is 4.42 Å². The van der Waals surface area contributed by atoms with E-state index in [1.54, 1.807) is 12.1 Å². The molecule has 2 aliphatic carbocycles. The summed E-state index contributed by atoms with van der Waals surface area (Å²) in [6.07, 6.45) is 5.75. The van der Waals surface area contributed by atoms with Crippen LogP contribution in [-0.2, 0) is 0 Å². The fourth-order valence-corrected chi connectivity index (χ4v) is 4.26. The maximum absolute atomic E-state index is 11.2. The zero-order valence-electron chi connectivity index (χ0n) is 11.3. The van der Waals surface area contributed by atoms with Crippen LogP contribution in [0.15, 0.2) is 27.4 Å². The zero-order chi connectivity index (χ0) is 13.7. The van der Waals surface area contributed by atoms with Gasteiger partial charge < -0.3 is 9.52 Å². The van der Waals surface area contributed by atoms with Crippen molar-refractivity contribution < 1.29 is 9.52 Å². The van der Waals surface area contributed by atoms with Crippen molar-refractivity contribution in [1.29, 1.82) is 0 Å². The average molecular weight is 273 g/mol. The van der Waals surface area contributed by atoms with Crippen molar-refractivity contribution in [3.05, 3.63) is 34.3 Å². The second-order valence-electron chi connectivity index (χ2n) is 6.46. The smallest absolute Gasteiger partial charge is 0.408 e. The van der Waals surface area contributed by atoms with Gasteiger partial charge in [-0.1, -0.05) is 12.5 Å². The molecule has 4 nitrogen and oxygen atoms in total. The van der Waals surface area contributed by atoms with Crippen LogP contribution in [0.3, 0.4) is 0 Å². The Bertz CT molecular complexity index is 686. The molecule has 0 aliphatic heterocycles. The highest BCUT2D eigenvalue weighted by atomic mass is 16.4. The van der Waals surface area contributed by atoms with Gasteiger partial charge in [0.1, 0.15) is 0 Å². The summed E-state index contributed by atoms with van der Waals surface area (Å²) in [5.41, 5.74) is 2.06. The lowest BCUT2D eigenvalue weighted by atomic mass is 9.83. The summed E-state index contributed by atoms with van der Waals surface area (Å²) < 4.78 is 5.06. The van der Waals surface area contributed by atoms with Crippen LogP contribution < -0.4 is 5.76 Å². The van der Waals surface area contributed by atoms with Crippen molar-refractivity contribution in [3.63, 3.8) is 0 Å². The minimum Gasteiger partial charge on any atom is -0.408 e. The van der Waals surface area contributed by atoms with Gasteiger partial charge in [-0.3, -0.25) is 4.98 Å². The Morgan fingerprint density at radius 1 is 1.35 bits per heavy atom. The third-order valence-electron chi connectivity index (χ3n) is 5.24. The van der Waals surface area contributed by atoms with Crippen LogP contribution in [0.25, 0.3) is 11.1 Å². The van der Waals surface area contributed by atoms with Crippen LogP contribution in [0.2, 0.25) is 0 Å². The lowest BCUT2D eigenvalue weighted by Gasteiger charge is -2.24. The predicted molar refractivity (Wildman–Crippen MR) is 75.3 cm³/mol. The van der Waals surface area contributed by atoms with Crippen molar-refractivity contribution in [2.45, 2.75) is 38.2 Å². The lowest BCUT2D eigenvalue weighted by Crippen LogP contribution is -2.14. The molecule has 1 heterocycles. The van der Waals surface area contributed by atoms with Gasteiger partial charge >= 0.3 is 5.76 Å². The maximum Gasteiger partial charge on any atom is 0.417 e. The van der Waals surface area contributed by atoms with Crippen LogP contribution in [0, 0.1) is 17.8 Å². The van der Waals surface area contributed by atoms with E-state index in [2.05, 4.69) is 4.98 Å². The molecule has 2 saturated carbocycles. The van der Waals surface area contributed by atoms with Gasteiger partial charge in [0.2, 0.25) is 0 Å². The van der Waals surface area contributed by atoms with Crippen molar-refractivity contribution >= 4 is 11.1 Å². The maximum atomic E-state index is 11.2. The molecule has 4 rings (SSSR count). The number of aromatic nitrogens is 1. The predicted octanol–water partition coefficient (Wildman–Crippen LogP) is 2.98. The number of fused-ring (bicyclic) bond motifs is 3. The molecule has 106 valence electrons. The summed E-state index contributed by atoms with van der Waals surface area (Å²) in [5, 5.41) is 10.4. The first-order chi connectivity index (χ1) is 9.69. The number of aliphatic hydroxyl groups is 1. The number of oxazole rings is 1. The first kappa shape index (κ1) is 12.2. The van der Waals surface area contributed by atoms with Crippen LogP contribution in [-0.4, -0.2) is 10.1 Å². The van der Waals surface area contributed by atoms with E-state index in [9.17, 15) is 9.90 Å². The minimum atomic E-state index is -0.455. The fraction of sp³-hybridized carbons (Fsp3) is 0.562. The highest BCUT2D eigenvalue weighted by molar-refractivity contribution is 5.72. The van der Waals surface area contributed by atoms with E-state index in [1.807, 2.05) is 6.07 Å². The molecule has 0 amide bonds. The molecule has 2 N–H and O–H groups in total. The zero-order valence-corrected chi connectivity index (χ0v) is 11.3. The Morgan fingerprint density at radius 3 is 3.00 bits per heavy atom. The molecule has 1 aromatic heterocycles. The molecule has 2 bridgehead atoms. The van der Waals surface area contributed by atoms with Crippen molar-refractivity contribution in [1.82, 2.24) is 4.98 Å². The van der Waals surface area contributed by atoms with Crippen molar-refractivity contribution in [2.75, 3.05) is 0 Å². The quantitative estimate of drug-likeness (QED) is 0.903. The van der Waals surface area contributed by atoms with Gasteiger partial charge in [-0.15, -0.1) is 0 Å². The number of aromatic amines is 1. The van der Waals surface area contributed by atoms with Crippen LogP contribution in [0.4, 0.5) is 0 Å². The Kier molecular flexibility index (Phi) is 2.74. The average Bonchev–Trinajstić information content (AvgIpc) is 3.10. The highest BCUT2D eigenvalue weighted by Gasteiger charge is 2.40. The van der Waals surface area contributed by atoms with Gasteiger partial charge in [0.05, 0.1) is 11.6 Å². The molecule has 4 unspecified atom stereocenters. The summed E-state index contributed by atoms with van der Waals surface area (Å²) >= 11 is 0. The van der Waals surface area contributed by atoms with Gasteiger partial charge in [0.15, 0.2) is 5.58 Å². The van der Waals surface area contributed by atoms with Crippen molar-refractivity contribution in [2.24, 2.45) is 17.8 Å². The van der Waals surface area contributed by atoms with E-state index in [-0.39, 0.29) is 0 Å². The number of rotatable bonds is 3. The van der Waals surface area contributed by atoms with Gasteiger partial charge in [-0.05, 0) is 61.1 Å². The number of benzene rings is 1. The first-order valence-electron chi connectivity index (χ1n) is 7.50. The Labute approximate surface area is 116 Å². The van der Waals surface area contributed by atoms with E-state index >= 15 is 0 Å². The Balaban J connectivity index is 1.54. The van der Waals surface area contributed by atoms with Crippen LogP contribution in [0.5, 0.6) is 0 Å². The molecule has 4 heteroatoms. The minimum absolute atomic E-state index is 0.445. The lowest BCUT2D eigenvalue weighted by molar-refractivity contribution is 0.125. The second kappa shape index (κ2) is 4.48. The standard InChI is InChI=1S/C16H19NO3/c18-14(7-12-6-9-1-2-10(12)5-9)11-3-4-13-15(8-11)20-16(19)17-13/h3-4,8-10,12,14,18H,1-2,5-7H2,(H,17,19). The summed E-state index contributed by atoms with van der Waals surface area (Å²) in [6.45, 7) is 0. The van der Waals surface area contributed by atoms with Gasteiger partial charge in [-0.2, -0.15) is 0 Å². The third kappa shape index (κ3) is 1.99. The highest BCUT2D eigenvalue weighted by Crippen LogP contribution is 2.50. The van der Waals surface area contributed by atoms with Crippen LogP contribution in [0.1, 0.15) is 43.8 Å². The molecular formula is C16H19NO3. The third-order valence-corrected chi connectivity index (χ3v) is 5.24. The molecule has 2 fully saturated rings. The number of hydrogen-bond donors (Lipinski definition) is 2. The summed E-state index contributed by atoms with van der Waals surface area (Å²) in [7, 11) is 0. The Hall–Kier alpha value is -1.55. The number of H-pyrrole nitrogens is 1. The summed E-state index contributed by atoms with van der Waals surface area (Å²) in [6, 6.07) is 5.47. The molecule has 20 heavy (non-hydrogen) atoms. The number of hydrogen-bond acceptors (Lipinski definition) is 3. The van der Waals surface area contributed by atoms with Gasteiger partial charge in [-0.25, -0.2) is 4.79 Å².